The molecule has 0 aliphatic heterocycles. The number of hydrogen-bond acceptors (Lipinski definition) is 3. The van der Waals surface area contributed by atoms with Gasteiger partial charge in [0.2, 0.25) is 0 Å². The molecule has 0 aliphatic carbocycles. The molecule has 0 bridgehead atoms. The van der Waals surface area contributed by atoms with E-state index in [9.17, 15) is 0 Å². The highest BCUT2D eigenvalue weighted by molar-refractivity contribution is 6.37. The van der Waals surface area contributed by atoms with Crippen LogP contribution in [0.3, 0.4) is 0 Å². The lowest BCUT2D eigenvalue weighted by atomic mass is 9.87. The van der Waals surface area contributed by atoms with Crippen LogP contribution >= 0.6 is 0 Å². The Balaban J connectivity index is 1.15. The maximum absolute atomic E-state index is 5.43. The Morgan fingerprint density at radius 3 is 1.46 bits per heavy atom. The van der Waals surface area contributed by atoms with E-state index in [2.05, 4.69) is 180 Å². The van der Waals surface area contributed by atoms with Crippen LogP contribution < -0.4 is 0 Å². The van der Waals surface area contributed by atoms with Gasteiger partial charge in [-0.25, -0.2) is 15.0 Å². The van der Waals surface area contributed by atoms with Gasteiger partial charge in [0.25, 0.3) is 0 Å². The summed E-state index contributed by atoms with van der Waals surface area (Å²) in [5, 5.41) is 17.1. The number of fused-ring (bicyclic) bond motifs is 5. The van der Waals surface area contributed by atoms with Gasteiger partial charge >= 0.3 is 0 Å². The molecular formula is C55H32N4. The van der Waals surface area contributed by atoms with E-state index in [1.807, 2.05) is 18.2 Å². The summed E-state index contributed by atoms with van der Waals surface area (Å²) < 4.78 is 2.34. The van der Waals surface area contributed by atoms with Crippen molar-refractivity contribution in [2.24, 2.45) is 0 Å². The molecular weight excluding hydrogens is 717 g/mol. The van der Waals surface area contributed by atoms with Gasteiger partial charge in [0.05, 0.1) is 11.0 Å². The van der Waals surface area contributed by atoms with Gasteiger partial charge in [-0.15, -0.1) is 0 Å². The van der Waals surface area contributed by atoms with Crippen molar-refractivity contribution < 1.29 is 0 Å². The number of nitrogens with zero attached hydrogens (tertiary/aromatic N) is 4. The molecule has 0 unspecified atom stereocenters. The molecule has 4 nitrogen and oxygen atoms in total. The van der Waals surface area contributed by atoms with Gasteiger partial charge < -0.3 is 4.57 Å². The number of rotatable bonds is 4. The van der Waals surface area contributed by atoms with Crippen molar-refractivity contribution in [1.82, 2.24) is 19.5 Å². The lowest BCUT2D eigenvalue weighted by Gasteiger charge is -2.17. The van der Waals surface area contributed by atoms with E-state index in [0.717, 1.165) is 49.6 Å². The van der Waals surface area contributed by atoms with Crippen molar-refractivity contribution in [3.8, 4) is 39.9 Å². The molecule has 0 amide bonds. The van der Waals surface area contributed by atoms with Crippen molar-refractivity contribution in [2.45, 2.75) is 0 Å². The summed E-state index contributed by atoms with van der Waals surface area (Å²) in [6.07, 6.45) is 0. The predicted octanol–water partition coefficient (Wildman–Crippen LogP) is 14.3. The van der Waals surface area contributed by atoms with E-state index in [1.165, 1.54) is 59.2 Å². The van der Waals surface area contributed by atoms with E-state index in [0.29, 0.717) is 17.5 Å². The molecule has 0 N–H and O–H groups in total. The third-order valence-corrected chi connectivity index (χ3v) is 12.3. The smallest absolute Gasteiger partial charge is 0.164 e. The topological polar surface area (TPSA) is 43.6 Å². The summed E-state index contributed by atoms with van der Waals surface area (Å²) >= 11 is 0. The van der Waals surface area contributed by atoms with Gasteiger partial charge in [-0.2, -0.15) is 0 Å². The Morgan fingerprint density at radius 2 is 0.780 bits per heavy atom. The minimum absolute atomic E-state index is 0.636. The van der Waals surface area contributed by atoms with E-state index >= 15 is 0 Å². The molecule has 11 aromatic carbocycles. The monoisotopic (exact) mass is 748 g/mol. The minimum atomic E-state index is 0.636. The lowest BCUT2D eigenvalue weighted by Crippen LogP contribution is -2.01. The van der Waals surface area contributed by atoms with Crippen molar-refractivity contribution in [1.29, 1.82) is 0 Å². The van der Waals surface area contributed by atoms with Crippen molar-refractivity contribution >= 4 is 86.4 Å². The van der Waals surface area contributed by atoms with Crippen LogP contribution in [0.15, 0.2) is 194 Å². The first kappa shape index (κ1) is 32.2. The summed E-state index contributed by atoms with van der Waals surface area (Å²) in [6.45, 7) is 0. The zero-order chi connectivity index (χ0) is 38.6. The second-order valence-electron chi connectivity index (χ2n) is 15.5. The maximum Gasteiger partial charge on any atom is 0.164 e. The normalized spacial score (nSPS) is 12.1. The standard InChI is InChI=1S/C55H32N4/c1-3-13-36(14-4-1)53-56-54(58-55(57-53)44-24-12-26-47-52(44)43-20-7-8-25-46(43)59(47)39-18-5-2-6-19-39)38-31-37-30-29-35-16-10-22-41-40-21-9-15-33-27-28-34-17-11-23-42(50(34)48(33)40)45(32-38)51(37)49(35)41/h1-32H. The zero-order valence-electron chi connectivity index (χ0n) is 31.8. The second kappa shape index (κ2) is 12.3. The van der Waals surface area contributed by atoms with E-state index in [1.54, 1.807) is 0 Å². The van der Waals surface area contributed by atoms with Crippen molar-refractivity contribution in [3.63, 3.8) is 0 Å². The first-order chi connectivity index (χ1) is 29.3. The molecule has 4 heteroatoms. The fourth-order valence-corrected chi connectivity index (χ4v) is 9.82. The van der Waals surface area contributed by atoms with Crippen LogP contribution in [0, 0.1) is 0 Å². The van der Waals surface area contributed by atoms with Gasteiger partial charge in [0.1, 0.15) is 0 Å². The first-order valence-electron chi connectivity index (χ1n) is 20.1. The Bertz CT molecular complexity index is 3820. The molecule has 2 heterocycles. The summed E-state index contributed by atoms with van der Waals surface area (Å²) in [4.78, 5) is 16.0. The second-order valence-corrected chi connectivity index (χ2v) is 15.5. The maximum atomic E-state index is 5.43. The molecule has 59 heavy (non-hydrogen) atoms. The van der Waals surface area contributed by atoms with Crippen LogP contribution in [0.25, 0.3) is 126 Å². The van der Waals surface area contributed by atoms with Gasteiger partial charge in [0.15, 0.2) is 17.5 Å². The third-order valence-electron chi connectivity index (χ3n) is 12.3. The Morgan fingerprint density at radius 1 is 0.288 bits per heavy atom. The van der Waals surface area contributed by atoms with Gasteiger partial charge in [-0.1, -0.05) is 158 Å². The summed E-state index contributed by atoms with van der Waals surface area (Å²) in [6, 6.07) is 69.8. The molecule has 0 saturated carbocycles. The van der Waals surface area contributed by atoms with E-state index < -0.39 is 0 Å². The summed E-state index contributed by atoms with van der Waals surface area (Å²) in [5.41, 5.74) is 6.20. The van der Waals surface area contributed by atoms with Gasteiger partial charge in [-0.3, -0.25) is 0 Å². The molecule has 13 rings (SSSR count). The highest BCUT2D eigenvalue weighted by atomic mass is 15.0. The lowest BCUT2D eigenvalue weighted by molar-refractivity contribution is 1.08. The van der Waals surface area contributed by atoms with Crippen molar-refractivity contribution in [3.05, 3.63) is 194 Å². The molecule has 2 aromatic heterocycles. The highest BCUT2D eigenvalue weighted by Gasteiger charge is 2.21. The minimum Gasteiger partial charge on any atom is -0.309 e. The average Bonchev–Trinajstić information content (AvgIpc) is 3.65. The number of aromatic nitrogens is 4. The van der Waals surface area contributed by atoms with Crippen LogP contribution in [-0.2, 0) is 0 Å². The fraction of sp³-hybridized carbons (Fsp3) is 0. The molecule has 272 valence electrons. The molecule has 0 atom stereocenters. The van der Waals surface area contributed by atoms with Crippen LogP contribution in [0.5, 0.6) is 0 Å². The Kier molecular flexibility index (Phi) is 6.69. The van der Waals surface area contributed by atoms with Crippen LogP contribution in [-0.4, -0.2) is 19.5 Å². The quantitative estimate of drug-likeness (QED) is 0.168. The number of benzene rings is 10. The fourth-order valence-electron chi connectivity index (χ4n) is 9.82. The number of hydrogen-bond donors (Lipinski definition) is 0. The van der Waals surface area contributed by atoms with Crippen LogP contribution in [0.1, 0.15) is 0 Å². The summed E-state index contributed by atoms with van der Waals surface area (Å²) in [5.74, 6) is 1.91. The SMILES string of the molecule is c1ccc(-c2nc(-c3cc4ccc5cccc6c7cccc8ccc9cccc(c(c3)c4c56)c9c87)nc(-c3cccc4c3c3ccccc3n4-c3ccccc3)n2)cc1. The molecule has 0 spiro atoms. The highest BCUT2D eigenvalue weighted by Crippen LogP contribution is 2.45. The third kappa shape index (κ3) is 4.69. The Labute approximate surface area is 338 Å². The molecule has 0 saturated heterocycles. The largest absolute Gasteiger partial charge is 0.309 e. The van der Waals surface area contributed by atoms with E-state index in [-0.39, 0.29) is 0 Å². The molecule has 0 aliphatic rings. The summed E-state index contributed by atoms with van der Waals surface area (Å²) in [7, 11) is 0. The van der Waals surface area contributed by atoms with Crippen molar-refractivity contribution in [2.75, 3.05) is 0 Å². The van der Waals surface area contributed by atoms with Gasteiger partial charge in [-0.05, 0) is 101 Å². The molecule has 13 aromatic rings. The van der Waals surface area contributed by atoms with Gasteiger partial charge in [0, 0.05) is 33.2 Å². The Hall–Kier alpha value is -7.95. The average molecular weight is 749 g/mol. The zero-order valence-corrected chi connectivity index (χ0v) is 31.8. The molecule has 0 fully saturated rings. The van der Waals surface area contributed by atoms with Crippen LogP contribution in [0.2, 0.25) is 0 Å². The first-order valence-corrected chi connectivity index (χ1v) is 20.1. The van der Waals surface area contributed by atoms with E-state index in [4.69, 9.17) is 15.0 Å². The number of para-hydroxylation sites is 2. The van der Waals surface area contributed by atoms with Crippen LogP contribution in [0.4, 0.5) is 0 Å². The molecule has 0 radical (unpaired) electrons. The predicted molar refractivity (Wildman–Crippen MR) is 247 cm³/mol.